The van der Waals surface area contributed by atoms with Crippen LogP contribution < -0.4 is 5.56 Å². The van der Waals surface area contributed by atoms with Crippen molar-refractivity contribution in [1.82, 2.24) is 9.38 Å². The summed E-state index contributed by atoms with van der Waals surface area (Å²) in [5.41, 5.74) is 0.499. The molecule has 80 valence electrons. The van der Waals surface area contributed by atoms with Gasteiger partial charge in [-0.3, -0.25) is 9.20 Å². The molecule has 0 spiro atoms. The van der Waals surface area contributed by atoms with Gasteiger partial charge < -0.3 is 0 Å². The van der Waals surface area contributed by atoms with Crippen molar-refractivity contribution in [1.29, 1.82) is 0 Å². The van der Waals surface area contributed by atoms with E-state index in [4.69, 9.17) is 11.6 Å². The summed E-state index contributed by atoms with van der Waals surface area (Å²) in [4.78, 5) is 17.2. The average Bonchev–Trinajstić information content (AvgIpc) is 2.59. The molecule has 0 amide bonds. The van der Waals surface area contributed by atoms with Crippen LogP contribution in [-0.4, -0.2) is 9.38 Å². The summed E-state index contributed by atoms with van der Waals surface area (Å²) in [6, 6.07) is 5.27. The number of nitrogens with zero attached hydrogens (tertiary/aromatic N) is 2. The zero-order valence-corrected chi connectivity index (χ0v) is 10.9. The van der Waals surface area contributed by atoms with Crippen molar-refractivity contribution < 1.29 is 0 Å². The molecule has 0 radical (unpaired) electrons. The van der Waals surface area contributed by atoms with Crippen molar-refractivity contribution in [3.05, 3.63) is 43.6 Å². The Balaban J connectivity index is 2.66. The molecule has 0 fully saturated rings. The lowest BCUT2D eigenvalue weighted by Crippen LogP contribution is -2.13. The molecule has 0 aliphatic carbocycles. The summed E-state index contributed by atoms with van der Waals surface area (Å²) in [5, 5.41) is 0.902. The predicted molar refractivity (Wildman–Crippen MR) is 69.6 cm³/mol. The first-order valence-electron chi connectivity index (χ1n) is 4.43. The van der Waals surface area contributed by atoms with Crippen molar-refractivity contribution in [2.24, 2.45) is 0 Å². The summed E-state index contributed by atoms with van der Waals surface area (Å²) in [5.74, 6) is 0. The second-order valence-corrected chi connectivity index (χ2v) is 6.03. The average molecular weight is 316 g/mol. The number of benzene rings is 1. The number of halogens is 2. The molecule has 0 aliphatic heterocycles. The van der Waals surface area contributed by atoms with Crippen LogP contribution in [0.3, 0.4) is 0 Å². The van der Waals surface area contributed by atoms with Crippen molar-refractivity contribution in [2.45, 2.75) is 0 Å². The van der Waals surface area contributed by atoms with Crippen LogP contribution in [0.2, 0.25) is 5.02 Å². The zero-order valence-electron chi connectivity index (χ0n) is 7.78. The molecule has 2 aromatic heterocycles. The van der Waals surface area contributed by atoms with Gasteiger partial charge in [0, 0.05) is 6.20 Å². The quantitative estimate of drug-likeness (QED) is 0.638. The molecule has 3 rings (SSSR count). The van der Waals surface area contributed by atoms with E-state index in [1.165, 1.54) is 15.7 Å². The van der Waals surface area contributed by atoms with Crippen LogP contribution in [0, 0.1) is 0 Å². The number of rotatable bonds is 0. The molecule has 0 saturated heterocycles. The van der Waals surface area contributed by atoms with Crippen LogP contribution in [0.4, 0.5) is 0 Å². The van der Waals surface area contributed by atoms with Crippen LogP contribution in [-0.2, 0) is 0 Å². The Labute approximate surface area is 107 Å². The van der Waals surface area contributed by atoms with Crippen LogP contribution >= 0.6 is 38.9 Å². The third kappa shape index (κ3) is 1.39. The van der Waals surface area contributed by atoms with E-state index in [2.05, 4.69) is 20.9 Å². The number of aromatic nitrogens is 2. The zero-order chi connectivity index (χ0) is 11.3. The van der Waals surface area contributed by atoms with Crippen molar-refractivity contribution in [3.8, 4) is 0 Å². The lowest BCUT2D eigenvalue weighted by Gasteiger charge is -1.99. The normalized spacial score (nSPS) is 11.4. The van der Waals surface area contributed by atoms with Gasteiger partial charge in [0.05, 0.1) is 19.7 Å². The van der Waals surface area contributed by atoms with Crippen LogP contribution in [0.25, 0.3) is 15.9 Å². The standard InChI is InChI=1S/C10H4BrClN2OS/c11-7-4-14-9(15)8-5(12)2-1-3-6(8)13-10(14)16-7/h1-4H. The minimum atomic E-state index is -0.132. The molecule has 0 unspecified atom stereocenters. The minimum absolute atomic E-state index is 0.132. The summed E-state index contributed by atoms with van der Waals surface area (Å²) in [7, 11) is 0. The molecule has 3 aromatic rings. The lowest BCUT2D eigenvalue weighted by atomic mass is 10.2. The lowest BCUT2D eigenvalue weighted by molar-refractivity contribution is 1.11. The molecular weight excluding hydrogens is 312 g/mol. The Morgan fingerprint density at radius 1 is 1.44 bits per heavy atom. The topological polar surface area (TPSA) is 34.4 Å². The molecule has 16 heavy (non-hydrogen) atoms. The fourth-order valence-electron chi connectivity index (χ4n) is 1.58. The molecule has 6 heteroatoms. The van der Waals surface area contributed by atoms with Crippen LogP contribution in [0.5, 0.6) is 0 Å². The van der Waals surface area contributed by atoms with Gasteiger partial charge in [-0.25, -0.2) is 4.98 Å². The highest BCUT2D eigenvalue weighted by Gasteiger charge is 2.10. The summed E-state index contributed by atoms with van der Waals surface area (Å²) in [6.45, 7) is 0. The molecule has 0 saturated carbocycles. The van der Waals surface area contributed by atoms with E-state index < -0.39 is 0 Å². The van der Waals surface area contributed by atoms with Gasteiger partial charge in [-0.1, -0.05) is 29.0 Å². The highest BCUT2D eigenvalue weighted by atomic mass is 79.9. The largest absolute Gasteiger partial charge is 0.268 e. The van der Waals surface area contributed by atoms with Gasteiger partial charge in [-0.15, -0.1) is 0 Å². The van der Waals surface area contributed by atoms with E-state index >= 15 is 0 Å². The Morgan fingerprint density at radius 2 is 2.25 bits per heavy atom. The highest BCUT2D eigenvalue weighted by molar-refractivity contribution is 9.11. The van der Waals surface area contributed by atoms with Gasteiger partial charge in [0.2, 0.25) is 0 Å². The van der Waals surface area contributed by atoms with Gasteiger partial charge in [-0.2, -0.15) is 0 Å². The molecular formula is C10H4BrClN2OS. The predicted octanol–water partition coefficient (Wildman–Crippen LogP) is 3.33. The second kappa shape index (κ2) is 3.55. The van der Waals surface area contributed by atoms with Crippen molar-refractivity contribution >= 4 is 54.7 Å². The number of fused-ring (bicyclic) bond motifs is 2. The van der Waals surface area contributed by atoms with E-state index in [0.717, 1.165) is 3.79 Å². The van der Waals surface area contributed by atoms with Gasteiger partial charge in [0.25, 0.3) is 5.56 Å². The Morgan fingerprint density at radius 3 is 3.06 bits per heavy atom. The first kappa shape index (κ1) is 10.3. The van der Waals surface area contributed by atoms with Gasteiger partial charge in [-0.05, 0) is 28.1 Å². The molecule has 3 nitrogen and oxygen atoms in total. The monoisotopic (exact) mass is 314 g/mol. The number of hydrogen-bond donors (Lipinski definition) is 0. The van der Waals surface area contributed by atoms with Gasteiger partial charge in [0.1, 0.15) is 0 Å². The van der Waals surface area contributed by atoms with Crippen molar-refractivity contribution in [3.63, 3.8) is 0 Å². The molecule has 0 N–H and O–H groups in total. The van der Waals surface area contributed by atoms with E-state index in [9.17, 15) is 4.79 Å². The van der Waals surface area contributed by atoms with E-state index in [-0.39, 0.29) is 5.56 Å². The smallest absolute Gasteiger partial charge is 0.267 e. The number of hydrogen-bond acceptors (Lipinski definition) is 3. The fourth-order valence-corrected chi connectivity index (χ4v) is 3.18. The molecule has 2 heterocycles. The Kier molecular flexibility index (Phi) is 2.27. The first-order chi connectivity index (χ1) is 7.66. The Bertz CT molecular complexity index is 764. The maximum Gasteiger partial charge on any atom is 0.267 e. The molecule has 0 aliphatic rings. The highest BCUT2D eigenvalue weighted by Crippen LogP contribution is 2.24. The first-order valence-corrected chi connectivity index (χ1v) is 6.41. The van der Waals surface area contributed by atoms with Gasteiger partial charge in [0.15, 0.2) is 4.96 Å². The van der Waals surface area contributed by atoms with Gasteiger partial charge >= 0.3 is 0 Å². The molecule has 0 bridgehead atoms. The number of thiazole rings is 1. The SMILES string of the molecule is O=c1c2c(Cl)cccc2nc2sc(Br)cn12. The van der Waals surface area contributed by atoms with E-state index in [0.29, 0.717) is 20.9 Å². The van der Waals surface area contributed by atoms with Crippen LogP contribution in [0.1, 0.15) is 0 Å². The maximum atomic E-state index is 12.1. The summed E-state index contributed by atoms with van der Waals surface area (Å²) >= 11 is 10.8. The van der Waals surface area contributed by atoms with E-state index in [1.807, 2.05) is 0 Å². The van der Waals surface area contributed by atoms with Crippen molar-refractivity contribution in [2.75, 3.05) is 0 Å². The molecule has 0 atom stereocenters. The third-order valence-corrected chi connectivity index (χ3v) is 4.04. The summed E-state index contributed by atoms with van der Waals surface area (Å²) in [6.07, 6.45) is 1.71. The second-order valence-electron chi connectivity index (χ2n) is 3.24. The Hall–Kier alpha value is -0.910. The third-order valence-electron chi connectivity index (χ3n) is 2.27. The fraction of sp³-hybridized carbons (Fsp3) is 0. The minimum Gasteiger partial charge on any atom is -0.268 e. The summed E-state index contributed by atoms with van der Waals surface area (Å²) < 4.78 is 2.37. The van der Waals surface area contributed by atoms with Crippen LogP contribution in [0.15, 0.2) is 33.0 Å². The maximum absolute atomic E-state index is 12.1. The molecule has 1 aromatic carbocycles. The van der Waals surface area contributed by atoms with E-state index in [1.54, 1.807) is 24.4 Å².